The van der Waals surface area contributed by atoms with Gasteiger partial charge in [0, 0.05) is 6.54 Å². The molecule has 0 bridgehead atoms. The van der Waals surface area contributed by atoms with Gasteiger partial charge >= 0.3 is 41.5 Å². The fourth-order valence-electron chi connectivity index (χ4n) is 1.03. The van der Waals surface area contributed by atoms with Gasteiger partial charge < -0.3 is 14.9 Å². The molecule has 2 N–H and O–H groups in total. The van der Waals surface area contributed by atoms with Gasteiger partial charge in [-0.3, -0.25) is 14.5 Å². The molecular weight excluding hydrogens is 201 g/mol. The second kappa shape index (κ2) is 6.36. The van der Waals surface area contributed by atoms with Crippen molar-refractivity contribution in [1.29, 1.82) is 0 Å². The molecule has 0 aromatic heterocycles. The van der Waals surface area contributed by atoms with Gasteiger partial charge in [0.1, 0.15) is 0 Å². The molecule has 0 amide bonds. The summed E-state index contributed by atoms with van der Waals surface area (Å²) in [5.74, 6) is -2.05. The van der Waals surface area contributed by atoms with Gasteiger partial charge in [-0.1, -0.05) is 0 Å². The minimum absolute atomic E-state index is 0. The zero-order chi connectivity index (χ0) is 9.84. The number of nitrogens with zero attached hydrogens (tertiary/aromatic N) is 1. The van der Waals surface area contributed by atoms with Crippen LogP contribution in [0.3, 0.4) is 0 Å². The minimum atomic E-state index is -1.03. The molecule has 1 aliphatic heterocycles. The molecule has 14 heavy (non-hydrogen) atoms. The number of carboxylic acid groups (broad SMARTS) is 2. The summed E-state index contributed by atoms with van der Waals surface area (Å²) >= 11 is 0. The molecule has 0 aliphatic carbocycles. The molecule has 1 saturated heterocycles. The first kappa shape index (κ1) is 13.9. The van der Waals surface area contributed by atoms with Crippen molar-refractivity contribution in [3.8, 4) is 0 Å². The summed E-state index contributed by atoms with van der Waals surface area (Å²) in [6, 6.07) is 0. The van der Waals surface area contributed by atoms with E-state index in [1.54, 1.807) is 0 Å². The van der Waals surface area contributed by atoms with Gasteiger partial charge in [0.2, 0.25) is 0 Å². The Balaban J connectivity index is 0.00000169. The van der Waals surface area contributed by atoms with E-state index in [9.17, 15) is 9.59 Å². The molecule has 0 spiro atoms. The third-order valence-electron chi connectivity index (χ3n) is 1.58. The van der Waals surface area contributed by atoms with Crippen LogP contribution in [-0.2, 0) is 14.3 Å². The van der Waals surface area contributed by atoms with Crippen LogP contribution >= 0.6 is 0 Å². The van der Waals surface area contributed by atoms with Gasteiger partial charge in [-0.05, 0) is 0 Å². The van der Waals surface area contributed by atoms with Crippen LogP contribution in [-0.4, -0.2) is 89.0 Å². The van der Waals surface area contributed by atoms with E-state index < -0.39 is 11.9 Å². The van der Waals surface area contributed by atoms with E-state index in [1.807, 2.05) is 0 Å². The average molecular weight is 213 g/mol. The van der Waals surface area contributed by atoms with E-state index in [2.05, 4.69) is 0 Å². The standard InChI is InChI=1S/C7H11NO5.Na.H/c9-6(10)2-8(3-7(11)12)1-5-4-13-5;;/h5H,1-4H2,(H,9,10)(H,11,12);;. The fraction of sp³-hybridized carbons (Fsp3) is 0.714. The Kier molecular flexibility index (Phi) is 6.30. The normalized spacial score (nSPS) is 18.8. The van der Waals surface area contributed by atoms with E-state index in [-0.39, 0.29) is 48.8 Å². The van der Waals surface area contributed by atoms with E-state index in [0.717, 1.165) is 0 Å². The zero-order valence-electron chi connectivity index (χ0n) is 6.97. The molecule has 1 heterocycles. The molecular formula is C7H12NNaO5. The van der Waals surface area contributed by atoms with Gasteiger partial charge in [0.05, 0.1) is 25.8 Å². The van der Waals surface area contributed by atoms with E-state index in [4.69, 9.17) is 14.9 Å². The van der Waals surface area contributed by atoms with Crippen molar-refractivity contribution in [2.24, 2.45) is 0 Å². The molecule has 1 fully saturated rings. The molecule has 0 aromatic rings. The number of epoxide rings is 1. The van der Waals surface area contributed by atoms with Crippen LogP contribution in [0.4, 0.5) is 0 Å². The maximum absolute atomic E-state index is 10.3. The number of carbonyl (C=O) groups is 2. The van der Waals surface area contributed by atoms with E-state index >= 15 is 0 Å². The molecule has 6 nitrogen and oxygen atoms in total. The second-order valence-electron chi connectivity index (χ2n) is 2.91. The van der Waals surface area contributed by atoms with Crippen molar-refractivity contribution >= 4 is 41.5 Å². The fourth-order valence-corrected chi connectivity index (χ4v) is 1.03. The molecule has 1 unspecified atom stereocenters. The summed E-state index contributed by atoms with van der Waals surface area (Å²) in [6.45, 7) is 0.451. The summed E-state index contributed by atoms with van der Waals surface area (Å²) in [7, 11) is 0. The Morgan fingerprint density at radius 2 is 1.71 bits per heavy atom. The van der Waals surface area contributed by atoms with Crippen molar-refractivity contribution in [3.63, 3.8) is 0 Å². The third-order valence-corrected chi connectivity index (χ3v) is 1.58. The topological polar surface area (TPSA) is 90.4 Å². The molecule has 0 aromatic carbocycles. The zero-order valence-corrected chi connectivity index (χ0v) is 6.97. The Morgan fingerprint density at radius 1 is 1.29 bits per heavy atom. The Labute approximate surface area is 103 Å². The van der Waals surface area contributed by atoms with Crippen molar-refractivity contribution < 1.29 is 24.5 Å². The van der Waals surface area contributed by atoms with Crippen LogP contribution in [0.5, 0.6) is 0 Å². The van der Waals surface area contributed by atoms with Crippen LogP contribution in [0.25, 0.3) is 0 Å². The number of hydrogen-bond donors (Lipinski definition) is 2. The van der Waals surface area contributed by atoms with Crippen LogP contribution in [0.15, 0.2) is 0 Å². The average Bonchev–Trinajstić information content (AvgIpc) is 2.67. The number of carboxylic acids is 2. The summed E-state index contributed by atoms with van der Waals surface area (Å²) in [6.07, 6.45) is 0.0127. The van der Waals surface area contributed by atoms with Gasteiger partial charge in [0.25, 0.3) is 0 Å². The predicted molar refractivity (Wildman–Crippen MR) is 48.6 cm³/mol. The monoisotopic (exact) mass is 213 g/mol. The SMILES string of the molecule is O=C(O)CN(CC(=O)O)CC1CO1.[NaH]. The van der Waals surface area contributed by atoms with Gasteiger partial charge in [0.15, 0.2) is 0 Å². The second-order valence-corrected chi connectivity index (χ2v) is 2.91. The summed E-state index contributed by atoms with van der Waals surface area (Å²) in [4.78, 5) is 22.0. The molecule has 0 saturated carbocycles. The third kappa shape index (κ3) is 6.33. The van der Waals surface area contributed by atoms with Crippen LogP contribution in [0, 0.1) is 0 Å². The van der Waals surface area contributed by atoms with Gasteiger partial charge in [-0.15, -0.1) is 0 Å². The van der Waals surface area contributed by atoms with Crippen molar-refractivity contribution in [2.75, 3.05) is 26.2 Å². The van der Waals surface area contributed by atoms with E-state index in [0.29, 0.717) is 13.2 Å². The van der Waals surface area contributed by atoms with Crippen LogP contribution in [0.2, 0.25) is 0 Å². The predicted octanol–water partition coefficient (Wildman–Crippen LogP) is -1.79. The Hall–Kier alpha value is -0.140. The number of aliphatic carboxylic acids is 2. The summed E-state index contributed by atoms with van der Waals surface area (Å²) in [5.41, 5.74) is 0. The molecule has 7 heteroatoms. The molecule has 1 rings (SSSR count). The number of hydrogen-bond acceptors (Lipinski definition) is 4. The van der Waals surface area contributed by atoms with Crippen LogP contribution in [0.1, 0.15) is 0 Å². The van der Waals surface area contributed by atoms with Gasteiger partial charge in [-0.2, -0.15) is 0 Å². The Morgan fingerprint density at radius 3 is 2.00 bits per heavy atom. The van der Waals surface area contributed by atoms with Crippen molar-refractivity contribution in [2.45, 2.75) is 6.10 Å². The molecule has 1 atom stereocenters. The van der Waals surface area contributed by atoms with Gasteiger partial charge in [-0.25, -0.2) is 0 Å². The first-order valence-electron chi connectivity index (χ1n) is 3.85. The quantitative estimate of drug-likeness (QED) is 0.400. The number of ether oxygens (including phenoxy) is 1. The summed E-state index contributed by atoms with van der Waals surface area (Å²) < 4.78 is 4.87. The van der Waals surface area contributed by atoms with Crippen LogP contribution < -0.4 is 0 Å². The number of rotatable bonds is 6. The van der Waals surface area contributed by atoms with E-state index in [1.165, 1.54) is 4.90 Å². The van der Waals surface area contributed by atoms with Crippen molar-refractivity contribution in [1.82, 2.24) is 4.90 Å². The molecule has 76 valence electrons. The molecule has 0 radical (unpaired) electrons. The Bertz CT molecular complexity index is 202. The first-order valence-corrected chi connectivity index (χ1v) is 3.85. The molecule has 1 aliphatic rings. The first-order chi connectivity index (χ1) is 6.08. The summed E-state index contributed by atoms with van der Waals surface area (Å²) in [5, 5.41) is 16.9. The van der Waals surface area contributed by atoms with Crippen molar-refractivity contribution in [3.05, 3.63) is 0 Å². The maximum atomic E-state index is 10.3.